The van der Waals surface area contributed by atoms with E-state index in [-0.39, 0.29) is 17.5 Å². The molecule has 0 atom stereocenters. The highest BCUT2D eigenvalue weighted by Gasteiger charge is 2.14. The molecule has 0 bridgehead atoms. The molecule has 0 aromatic heterocycles. The topological polar surface area (TPSA) is 9.23 Å². The molecule has 4 heteroatoms. The largest absolute Gasteiger partial charge is 0.454 e. The summed E-state index contributed by atoms with van der Waals surface area (Å²) in [6.45, 7) is 5.98. The summed E-state index contributed by atoms with van der Waals surface area (Å²) in [5.41, 5.74) is 2.45. The van der Waals surface area contributed by atoms with Crippen LogP contribution in [-0.4, -0.2) is 0 Å². The highest BCUT2D eigenvalue weighted by Crippen LogP contribution is 2.36. The minimum atomic E-state index is -0.423. The molecular weight excluding hydrogens is 310 g/mol. The molecule has 0 aliphatic rings. The Morgan fingerprint density at radius 3 is 2.57 bits per heavy atom. The fraction of sp³-hybridized carbons (Fsp3) is 0.294. The third-order valence-corrected chi connectivity index (χ3v) is 3.94. The number of halogens is 3. The minimum absolute atomic E-state index is 0.174. The molecule has 1 nitrogen and oxygen atoms in total. The van der Waals surface area contributed by atoms with E-state index in [0.717, 1.165) is 11.1 Å². The standard InChI is InChI=1S/C17H17Cl2FO/c1-10(2)13-8-16(11(3)7-14(13)19)21-17-12(9-18)5-4-6-15(17)20/h4-8,10H,9H2,1-3H3. The van der Waals surface area contributed by atoms with E-state index in [1.807, 2.05) is 32.9 Å². The molecule has 2 rings (SSSR count). The normalized spacial score (nSPS) is 11.0. The second kappa shape index (κ2) is 6.67. The van der Waals surface area contributed by atoms with Crippen LogP contribution in [0.1, 0.15) is 36.5 Å². The van der Waals surface area contributed by atoms with Crippen LogP contribution < -0.4 is 4.74 Å². The summed E-state index contributed by atoms with van der Waals surface area (Å²) in [5, 5.41) is 0.695. The number of para-hydroxylation sites is 1. The average Bonchev–Trinajstić information content (AvgIpc) is 2.43. The first-order valence-corrected chi connectivity index (χ1v) is 7.66. The number of benzene rings is 2. The van der Waals surface area contributed by atoms with Gasteiger partial charge < -0.3 is 4.74 Å². The van der Waals surface area contributed by atoms with Crippen molar-refractivity contribution < 1.29 is 9.13 Å². The third kappa shape index (κ3) is 3.50. The summed E-state index contributed by atoms with van der Waals surface area (Å²) in [6.07, 6.45) is 0. The Labute approximate surface area is 134 Å². The lowest BCUT2D eigenvalue weighted by atomic mass is 10.0. The molecule has 0 N–H and O–H groups in total. The van der Waals surface area contributed by atoms with Crippen molar-refractivity contribution in [2.45, 2.75) is 32.6 Å². The second-order valence-electron chi connectivity index (χ2n) is 5.26. The van der Waals surface area contributed by atoms with Gasteiger partial charge in [-0.2, -0.15) is 0 Å². The zero-order valence-corrected chi connectivity index (χ0v) is 13.7. The van der Waals surface area contributed by atoms with E-state index in [0.29, 0.717) is 16.3 Å². The van der Waals surface area contributed by atoms with Crippen LogP contribution in [0.4, 0.5) is 4.39 Å². The first-order chi connectivity index (χ1) is 9.93. The van der Waals surface area contributed by atoms with Gasteiger partial charge in [0.25, 0.3) is 0 Å². The number of hydrogen-bond acceptors (Lipinski definition) is 1. The maximum atomic E-state index is 14.0. The van der Waals surface area contributed by atoms with Gasteiger partial charge in [0, 0.05) is 10.6 Å². The van der Waals surface area contributed by atoms with Crippen LogP contribution in [0.3, 0.4) is 0 Å². The molecule has 21 heavy (non-hydrogen) atoms. The van der Waals surface area contributed by atoms with Crippen molar-refractivity contribution in [3.63, 3.8) is 0 Å². The minimum Gasteiger partial charge on any atom is -0.454 e. The smallest absolute Gasteiger partial charge is 0.167 e. The van der Waals surface area contributed by atoms with Crippen molar-refractivity contribution >= 4 is 23.2 Å². The zero-order chi connectivity index (χ0) is 15.6. The quantitative estimate of drug-likeness (QED) is 0.587. The molecule has 0 heterocycles. The monoisotopic (exact) mass is 326 g/mol. The lowest BCUT2D eigenvalue weighted by Crippen LogP contribution is -1.97. The number of alkyl halides is 1. The first-order valence-electron chi connectivity index (χ1n) is 6.75. The van der Waals surface area contributed by atoms with E-state index in [4.69, 9.17) is 27.9 Å². The molecule has 0 aliphatic carbocycles. The SMILES string of the molecule is Cc1cc(Cl)c(C(C)C)cc1Oc1c(F)cccc1CCl. The molecule has 0 aliphatic heterocycles. The molecule has 112 valence electrons. The highest BCUT2D eigenvalue weighted by atomic mass is 35.5. The van der Waals surface area contributed by atoms with E-state index in [9.17, 15) is 4.39 Å². The Kier molecular flexibility index (Phi) is 5.13. The van der Waals surface area contributed by atoms with Gasteiger partial charge in [-0.25, -0.2) is 4.39 Å². The fourth-order valence-corrected chi connectivity index (χ4v) is 2.75. The highest BCUT2D eigenvalue weighted by molar-refractivity contribution is 6.31. The van der Waals surface area contributed by atoms with E-state index in [1.165, 1.54) is 6.07 Å². The summed E-state index contributed by atoms with van der Waals surface area (Å²) in [6, 6.07) is 8.44. The van der Waals surface area contributed by atoms with Crippen LogP contribution >= 0.6 is 23.2 Å². The van der Waals surface area contributed by atoms with E-state index < -0.39 is 5.82 Å². The Morgan fingerprint density at radius 2 is 1.95 bits per heavy atom. The van der Waals surface area contributed by atoms with Crippen LogP contribution in [0.25, 0.3) is 0 Å². The Bertz CT molecular complexity index is 653. The summed E-state index contributed by atoms with van der Waals surface area (Å²) >= 11 is 12.1. The van der Waals surface area contributed by atoms with Crippen molar-refractivity contribution in [3.8, 4) is 11.5 Å². The van der Waals surface area contributed by atoms with Gasteiger partial charge >= 0.3 is 0 Å². The first kappa shape index (κ1) is 16.1. The summed E-state index contributed by atoms with van der Waals surface area (Å²) in [5.74, 6) is 0.797. The molecule has 0 fully saturated rings. The summed E-state index contributed by atoms with van der Waals surface area (Å²) in [4.78, 5) is 0. The number of rotatable bonds is 4. The van der Waals surface area contributed by atoms with Gasteiger partial charge in [-0.3, -0.25) is 0 Å². The van der Waals surface area contributed by atoms with Gasteiger partial charge in [0.2, 0.25) is 0 Å². The van der Waals surface area contributed by atoms with E-state index >= 15 is 0 Å². The van der Waals surface area contributed by atoms with Gasteiger partial charge in [0.05, 0.1) is 5.88 Å². The molecule has 2 aromatic rings. The third-order valence-electron chi connectivity index (χ3n) is 3.32. The Morgan fingerprint density at radius 1 is 1.24 bits per heavy atom. The Hall–Kier alpha value is -1.25. The van der Waals surface area contributed by atoms with Crippen LogP contribution in [0.15, 0.2) is 30.3 Å². The van der Waals surface area contributed by atoms with Gasteiger partial charge in [0.1, 0.15) is 5.75 Å². The van der Waals surface area contributed by atoms with Crippen molar-refractivity contribution in [1.82, 2.24) is 0 Å². The predicted molar refractivity (Wildman–Crippen MR) is 86.3 cm³/mol. The second-order valence-corrected chi connectivity index (χ2v) is 5.93. The molecule has 2 aromatic carbocycles. The molecule has 0 saturated carbocycles. The number of aryl methyl sites for hydroxylation is 1. The van der Waals surface area contributed by atoms with E-state index in [1.54, 1.807) is 12.1 Å². The molecule has 0 amide bonds. The lowest BCUT2D eigenvalue weighted by molar-refractivity contribution is 0.435. The summed E-state index contributed by atoms with van der Waals surface area (Å²) in [7, 11) is 0. The molecule has 0 saturated heterocycles. The van der Waals surface area contributed by atoms with Gasteiger partial charge in [-0.1, -0.05) is 37.6 Å². The predicted octanol–water partition coefficient (Wildman–Crippen LogP) is 6.44. The lowest BCUT2D eigenvalue weighted by Gasteiger charge is -2.16. The van der Waals surface area contributed by atoms with Crippen molar-refractivity contribution in [3.05, 3.63) is 57.9 Å². The molecular formula is C17H17Cl2FO. The van der Waals surface area contributed by atoms with Crippen LogP contribution in [0, 0.1) is 12.7 Å². The maximum absolute atomic E-state index is 14.0. The number of ether oxygens (including phenoxy) is 1. The Balaban J connectivity index is 2.47. The summed E-state index contributed by atoms with van der Waals surface area (Å²) < 4.78 is 19.8. The van der Waals surface area contributed by atoms with Gasteiger partial charge in [-0.15, -0.1) is 11.6 Å². The zero-order valence-electron chi connectivity index (χ0n) is 12.2. The van der Waals surface area contributed by atoms with Crippen LogP contribution in [0.5, 0.6) is 11.5 Å². The van der Waals surface area contributed by atoms with Crippen LogP contribution in [0.2, 0.25) is 5.02 Å². The average molecular weight is 327 g/mol. The molecule has 0 spiro atoms. The van der Waals surface area contributed by atoms with Crippen molar-refractivity contribution in [2.24, 2.45) is 0 Å². The van der Waals surface area contributed by atoms with Gasteiger partial charge in [0.15, 0.2) is 11.6 Å². The fourth-order valence-electron chi connectivity index (χ4n) is 2.10. The molecule has 0 unspecified atom stereocenters. The van der Waals surface area contributed by atoms with Gasteiger partial charge in [-0.05, 0) is 42.2 Å². The van der Waals surface area contributed by atoms with Crippen molar-refractivity contribution in [2.75, 3.05) is 0 Å². The maximum Gasteiger partial charge on any atom is 0.167 e. The van der Waals surface area contributed by atoms with E-state index in [2.05, 4.69) is 0 Å². The molecule has 0 radical (unpaired) electrons. The van der Waals surface area contributed by atoms with Crippen molar-refractivity contribution in [1.29, 1.82) is 0 Å². The van der Waals surface area contributed by atoms with Crippen LogP contribution in [-0.2, 0) is 5.88 Å². The number of hydrogen-bond donors (Lipinski definition) is 0.